The summed E-state index contributed by atoms with van der Waals surface area (Å²) in [4.78, 5) is 0. The zero-order chi connectivity index (χ0) is 17.4. The lowest BCUT2D eigenvalue weighted by atomic mass is 9.76. The quantitative estimate of drug-likeness (QED) is 0.801. The molecule has 0 bridgehead atoms. The molecule has 1 aliphatic heterocycles. The molecule has 0 aromatic heterocycles. The van der Waals surface area contributed by atoms with Gasteiger partial charge in [-0.15, -0.1) is 0 Å². The summed E-state index contributed by atoms with van der Waals surface area (Å²) in [5, 5.41) is 0. The van der Waals surface area contributed by atoms with Crippen molar-refractivity contribution in [1.29, 1.82) is 0 Å². The Hall–Kier alpha value is -1.85. The molecule has 24 heavy (non-hydrogen) atoms. The first-order valence-corrected chi connectivity index (χ1v) is 8.10. The minimum absolute atomic E-state index is 0.278. The van der Waals surface area contributed by atoms with Crippen LogP contribution in [0.25, 0.3) is 0 Å². The molecule has 3 nitrogen and oxygen atoms in total. The van der Waals surface area contributed by atoms with Crippen LogP contribution < -0.4 is 10.2 Å². The lowest BCUT2D eigenvalue weighted by Crippen LogP contribution is -2.41. The van der Waals surface area contributed by atoms with Gasteiger partial charge in [0.05, 0.1) is 11.2 Å². The van der Waals surface area contributed by atoms with Crippen LogP contribution in [0.5, 0.6) is 5.75 Å². The smallest absolute Gasteiger partial charge is 0.489 e. The molecule has 1 fully saturated rings. The molecule has 1 saturated heterocycles. The average Bonchev–Trinajstić information content (AvgIpc) is 2.75. The predicted octanol–water partition coefficient (Wildman–Crippen LogP) is 3.70. The van der Waals surface area contributed by atoms with E-state index in [2.05, 4.69) is 0 Å². The molecule has 0 atom stereocenters. The van der Waals surface area contributed by atoms with E-state index in [4.69, 9.17) is 14.0 Å². The summed E-state index contributed by atoms with van der Waals surface area (Å²) in [7, 11) is -0.428. The molecule has 0 aliphatic carbocycles. The maximum atomic E-state index is 13.0. The van der Waals surface area contributed by atoms with Crippen molar-refractivity contribution in [3.05, 3.63) is 59.9 Å². The molecular weight excluding hydrogens is 306 g/mol. The van der Waals surface area contributed by atoms with Crippen molar-refractivity contribution < 1.29 is 18.4 Å². The highest BCUT2D eigenvalue weighted by Gasteiger charge is 2.52. The van der Waals surface area contributed by atoms with Crippen LogP contribution in [-0.4, -0.2) is 18.3 Å². The number of hydrogen-bond donors (Lipinski definition) is 0. The van der Waals surface area contributed by atoms with Gasteiger partial charge in [-0.05, 0) is 63.0 Å². The van der Waals surface area contributed by atoms with Gasteiger partial charge < -0.3 is 14.0 Å². The van der Waals surface area contributed by atoms with Gasteiger partial charge in [-0.25, -0.2) is 4.39 Å². The number of ether oxygens (including phenoxy) is 1. The van der Waals surface area contributed by atoms with E-state index in [9.17, 15) is 4.39 Å². The summed E-state index contributed by atoms with van der Waals surface area (Å²) in [6.45, 7) is 8.50. The Labute approximate surface area is 142 Å². The second-order valence-corrected chi connectivity index (χ2v) is 7.03. The van der Waals surface area contributed by atoms with Gasteiger partial charge in [0.15, 0.2) is 0 Å². The number of hydrogen-bond acceptors (Lipinski definition) is 3. The van der Waals surface area contributed by atoms with Crippen LogP contribution in [0.3, 0.4) is 0 Å². The minimum atomic E-state index is -0.428. The van der Waals surface area contributed by atoms with Crippen LogP contribution in [0.4, 0.5) is 4.39 Å². The summed E-state index contributed by atoms with van der Waals surface area (Å²) in [6.07, 6.45) is 0. The molecular formula is C19H22BFO3. The highest BCUT2D eigenvalue weighted by atomic mass is 19.1. The topological polar surface area (TPSA) is 27.7 Å². The lowest BCUT2D eigenvalue weighted by Gasteiger charge is -2.32. The Kier molecular flexibility index (Phi) is 4.41. The number of halogens is 1. The van der Waals surface area contributed by atoms with E-state index in [1.165, 1.54) is 12.1 Å². The Bertz CT molecular complexity index is 697. The summed E-state index contributed by atoms with van der Waals surface area (Å²) < 4.78 is 31.0. The molecule has 1 heterocycles. The van der Waals surface area contributed by atoms with Gasteiger partial charge in [0.2, 0.25) is 0 Å². The van der Waals surface area contributed by atoms with Gasteiger partial charge in [-0.3, -0.25) is 0 Å². The molecule has 126 valence electrons. The van der Waals surface area contributed by atoms with E-state index in [0.29, 0.717) is 12.4 Å². The minimum Gasteiger partial charge on any atom is -0.489 e. The third-order valence-corrected chi connectivity index (χ3v) is 4.77. The zero-order valence-corrected chi connectivity index (χ0v) is 14.5. The monoisotopic (exact) mass is 328 g/mol. The fourth-order valence-corrected chi connectivity index (χ4v) is 2.56. The number of benzene rings is 2. The summed E-state index contributed by atoms with van der Waals surface area (Å²) in [5.41, 5.74) is 1.17. The van der Waals surface area contributed by atoms with Crippen LogP contribution in [0.1, 0.15) is 33.3 Å². The van der Waals surface area contributed by atoms with E-state index in [1.807, 2.05) is 52.0 Å². The maximum absolute atomic E-state index is 13.0. The van der Waals surface area contributed by atoms with Gasteiger partial charge >= 0.3 is 7.12 Å². The van der Waals surface area contributed by atoms with Gasteiger partial charge in [-0.1, -0.05) is 24.3 Å². The van der Waals surface area contributed by atoms with E-state index in [1.54, 1.807) is 12.1 Å². The third-order valence-electron chi connectivity index (χ3n) is 4.77. The summed E-state index contributed by atoms with van der Waals surface area (Å²) >= 11 is 0. The van der Waals surface area contributed by atoms with E-state index in [-0.39, 0.29) is 17.0 Å². The van der Waals surface area contributed by atoms with Gasteiger partial charge in [0, 0.05) is 0 Å². The second kappa shape index (κ2) is 6.23. The van der Waals surface area contributed by atoms with E-state index < -0.39 is 7.12 Å². The van der Waals surface area contributed by atoms with Crippen LogP contribution in [0.2, 0.25) is 0 Å². The van der Waals surface area contributed by atoms with Crippen molar-refractivity contribution >= 4 is 12.6 Å². The summed E-state index contributed by atoms with van der Waals surface area (Å²) in [6, 6.07) is 13.9. The third kappa shape index (κ3) is 3.33. The van der Waals surface area contributed by atoms with Crippen molar-refractivity contribution in [3.63, 3.8) is 0 Å². The van der Waals surface area contributed by atoms with Gasteiger partial charge in [-0.2, -0.15) is 0 Å². The highest BCUT2D eigenvalue weighted by Crippen LogP contribution is 2.36. The standard InChI is InChI=1S/C19H22BFO3/c1-18(2)19(3,4)24-20(23-18)17-8-6-5-7-14(17)13-22-16-11-9-15(21)10-12-16/h5-12H,13H2,1-4H3. The SMILES string of the molecule is CC1(C)OB(c2ccccc2COc2ccc(F)cc2)OC1(C)C. The fourth-order valence-electron chi connectivity index (χ4n) is 2.56. The predicted molar refractivity (Wildman–Crippen MR) is 92.9 cm³/mol. The molecule has 0 N–H and O–H groups in total. The van der Waals surface area contributed by atoms with E-state index in [0.717, 1.165) is 11.0 Å². The van der Waals surface area contributed by atoms with Crippen molar-refractivity contribution in [2.75, 3.05) is 0 Å². The van der Waals surface area contributed by atoms with Crippen LogP contribution >= 0.6 is 0 Å². The van der Waals surface area contributed by atoms with Crippen LogP contribution in [0, 0.1) is 5.82 Å². The first kappa shape index (κ1) is 17.0. The lowest BCUT2D eigenvalue weighted by molar-refractivity contribution is 0.00578. The molecule has 0 unspecified atom stereocenters. The highest BCUT2D eigenvalue weighted by molar-refractivity contribution is 6.62. The molecule has 0 saturated carbocycles. The molecule has 3 rings (SSSR count). The summed E-state index contributed by atoms with van der Waals surface area (Å²) in [5.74, 6) is 0.347. The zero-order valence-electron chi connectivity index (χ0n) is 14.5. The van der Waals surface area contributed by atoms with E-state index >= 15 is 0 Å². The molecule has 5 heteroatoms. The average molecular weight is 328 g/mol. The Morgan fingerprint density at radius 2 is 1.50 bits per heavy atom. The maximum Gasteiger partial charge on any atom is 0.495 e. The Morgan fingerprint density at radius 3 is 2.12 bits per heavy atom. The van der Waals surface area contributed by atoms with Gasteiger partial charge in [0.25, 0.3) is 0 Å². The Morgan fingerprint density at radius 1 is 0.917 bits per heavy atom. The second-order valence-electron chi connectivity index (χ2n) is 7.03. The van der Waals surface area contributed by atoms with Crippen molar-refractivity contribution in [2.45, 2.75) is 45.5 Å². The number of rotatable bonds is 4. The van der Waals surface area contributed by atoms with Crippen molar-refractivity contribution in [3.8, 4) is 5.75 Å². The fraction of sp³-hybridized carbons (Fsp3) is 0.368. The molecule has 0 amide bonds. The van der Waals surface area contributed by atoms with Crippen LogP contribution in [-0.2, 0) is 15.9 Å². The molecule has 2 aromatic rings. The van der Waals surface area contributed by atoms with Crippen molar-refractivity contribution in [1.82, 2.24) is 0 Å². The largest absolute Gasteiger partial charge is 0.495 e. The van der Waals surface area contributed by atoms with Crippen LogP contribution in [0.15, 0.2) is 48.5 Å². The van der Waals surface area contributed by atoms with Crippen molar-refractivity contribution in [2.24, 2.45) is 0 Å². The molecule has 0 spiro atoms. The molecule has 0 radical (unpaired) electrons. The normalized spacial score (nSPS) is 18.6. The first-order valence-electron chi connectivity index (χ1n) is 8.10. The molecule has 2 aromatic carbocycles. The molecule has 1 aliphatic rings. The first-order chi connectivity index (χ1) is 11.3. The van der Waals surface area contributed by atoms with Gasteiger partial charge in [0.1, 0.15) is 18.2 Å². The Balaban J connectivity index is 1.78.